The number of rotatable bonds is 3. The summed E-state index contributed by atoms with van der Waals surface area (Å²) in [6, 6.07) is 7.91. The summed E-state index contributed by atoms with van der Waals surface area (Å²) < 4.78 is 5.50. The van der Waals surface area contributed by atoms with Gasteiger partial charge in [0.15, 0.2) is 0 Å². The molecule has 1 aromatic carbocycles. The van der Waals surface area contributed by atoms with E-state index in [0.29, 0.717) is 10.9 Å². The smallest absolute Gasteiger partial charge is 0.0908 e. The summed E-state index contributed by atoms with van der Waals surface area (Å²) in [6.07, 6.45) is 4.17. The van der Waals surface area contributed by atoms with E-state index in [0.717, 1.165) is 42.8 Å². The van der Waals surface area contributed by atoms with Crippen LogP contribution in [0.15, 0.2) is 30.5 Å². The van der Waals surface area contributed by atoms with Crippen molar-refractivity contribution in [3.63, 3.8) is 0 Å². The van der Waals surface area contributed by atoms with Crippen molar-refractivity contribution in [1.82, 2.24) is 4.98 Å². The molecule has 1 unspecified atom stereocenters. The van der Waals surface area contributed by atoms with Gasteiger partial charge in [0.25, 0.3) is 0 Å². The van der Waals surface area contributed by atoms with Gasteiger partial charge in [-0.3, -0.25) is 4.98 Å². The lowest BCUT2D eigenvalue weighted by molar-refractivity contribution is 0.0595. The lowest BCUT2D eigenvalue weighted by Gasteiger charge is -2.23. The van der Waals surface area contributed by atoms with Gasteiger partial charge in [-0.15, -0.1) is 0 Å². The molecule has 1 fully saturated rings. The summed E-state index contributed by atoms with van der Waals surface area (Å²) in [6.45, 7) is 2.70. The minimum Gasteiger partial charge on any atom is -0.384 e. The van der Waals surface area contributed by atoms with Crippen molar-refractivity contribution < 1.29 is 4.74 Å². The molecule has 1 saturated heterocycles. The molecule has 1 N–H and O–H groups in total. The fourth-order valence-electron chi connectivity index (χ4n) is 2.52. The Hall–Kier alpha value is -1.32. The fraction of sp³-hybridized carbons (Fsp3) is 0.400. The molecular weight excluding hydrogens is 260 g/mol. The van der Waals surface area contributed by atoms with Crippen molar-refractivity contribution in [3.05, 3.63) is 35.5 Å². The Morgan fingerprint density at radius 1 is 1.37 bits per heavy atom. The van der Waals surface area contributed by atoms with Crippen molar-refractivity contribution in [2.75, 3.05) is 25.1 Å². The Bertz CT molecular complexity index is 567. The Morgan fingerprint density at radius 3 is 3.16 bits per heavy atom. The summed E-state index contributed by atoms with van der Waals surface area (Å²) in [5.74, 6) is 0.594. The number of benzene rings is 1. The van der Waals surface area contributed by atoms with Crippen LogP contribution >= 0.6 is 11.6 Å². The van der Waals surface area contributed by atoms with Crippen LogP contribution in [0.5, 0.6) is 0 Å². The molecule has 0 spiro atoms. The number of nitrogens with one attached hydrogen (secondary N) is 1. The molecule has 3 rings (SSSR count). The average molecular weight is 277 g/mol. The van der Waals surface area contributed by atoms with E-state index in [9.17, 15) is 0 Å². The molecule has 0 amide bonds. The van der Waals surface area contributed by atoms with E-state index in [2.05, 4.69) is 10.3 Å². The molecule has 19 heavy (non-hydrogen) atoms. The first kappa shape index (κ1) is 12.7. The van der Waals surface area contributed by atoms with Crippen molar-refractivity contribution in [1.29, 1.82) is 0 Å². The van der Waals surface area contributed by atoms with Crippen LogP contribution in [0.1, 0.15) is 12.8 Å². The number of ether oxygens (including phenoxy) is 1. The van der Waals surface area contributed by atoms with E-state index in [1.54, 1.807) is 6.20 Å². The largest absolute Gasteiger partial charge is 0.384 e. The van der Waals surface area contributed by atoms with Gasteiger partial charge in [0.1, 0.15) is 0 Å². The summed E-state index contributed by atoms with van der Waals surface area (Å²) in [5.41, 5.74) is 1.95. The van der Waals surface area contributed by atoms with Crippen molar-refractivity contribution >= 4 is 28.2 Å². The van der Waals surface area contributed by atoms with Crippen molar-refractivity contribution in [2.45, 2.75) is 12.8 Å². The fourth-order valence-corrected chi connectivity index (χ4v) is 2.73. The van der Waals surface area contributed by atoms with E-state index in [1.165, 1.54) is 6.42 Å². The highest BCUT2D eigenvalue weighted by atomic mass is 35.5. The number of fused-ring (bicyclic) bond motifs is 1. The Kier molecular flexibility index (Phi) is 3.85. The van der Waals surface area contributed by atoms with Crippen LogP contribution in [-0.2, 0) is 4.74 Å². The number of hydrogen-bond donors (Lipinski definition) is 1. The minimum atomic E-state index is 0.594. The standard InChI is InChI=1S/C15H17ClN2O/c16-13-5-6-14(12-4-1-7-17-15(12)13)18-9-11-3-2-8-19-10-11/h1,4-7,11,18H,2-3,8-10H2. The zero-order valence-corrected chi connectivity index (χ0v) is 11.5. The molecule has 1 aliphatic heterocycles. The summed E-state index contributed by atoms with van der Waals surface area (Å²) in [7, 11) is 0. The predicted octanol–water partition coefficient (Wildman–Crippen LogP) is 3.73. The predicted molar refractivity (Wildman–Crippen MR) is 78.8 cm³/mol. The summed E-state index contributed by atoms with van der Waals surface area (Å²) >= 11 is 6.17. The van der Waals surface area contributed by atoms with Gasteiger partial charge in [0.2, 0.25) is 0 Å². The molecule has 2 aromatic rings. The Labute approximate surface area is 117 Å². The van der Waals surface area contributed by atoms with Gasteiger partial charge in [-0.1, -0.05) is 11.6 Å². The molecule has 2 heterocycles. The molecule has 3 nitrogen and oxygen atoms in total. The van der Waals surface area contributed by atoms with Gasteiger partial charge in [0, 0.05) is 30.4 Å². The molecule has 0 saturated carbocycles. The van der Waals surface area contributed by atoms with Crippen LogP contribution < -0.4 is 5.32 Å². The summed E-state index contributed by atoms with van der Waals surface area (Å²) in [4.78, 5) is 4.34. The lowest BCUT2D eigenvalue weighted by Crippen LogP contribution is -2.24. The van der Waals surface area contributed by atoms with Gasteiger partial charge >= 0.3 is 0 Å². The maximum Gasteiger partial charge on any atom is 0.0908 e. The van der Waals surface area contributed by atoms with Crippen LogP contribution in [0.4, 0.5) is 5.69 Å². The maximum atomic E-state index is 6.17. The average Bonchev–Trinajstić information content (AvgIpc) is 2.48. The first-order valence-electron chi connectivity index (χ1n) is 6.69. The highest BCUT2D eigenvalue weighted by Crippen LogP contribution is 2.28. The molecule has 1 aliphatic rings. The normalized spacial score (nSPS) is 19.5. The maximum absolute atomic E-state index is 6.17. The van der Waals surface area contributed by atoms with E-state index in [-0.39, 0.29) is 0 Å². The monoisotopic (exact) mass is 276 g/mol. The van der Waals surface area contributed by atoms with Crippen LogP contribution in [-0.4, -0.2) is 24.7 Å². The second kappa shape index (κ2) is 5.76. The zero-order valence-electron chi connectivity index (χ0n) is 10.7. The third-order valence-corrected chi connectivity index (χ3v) is 3.86. The number of pyridine rings is 1. The van der Waals surface area contributed by atoms with E-state index in [1.807, 2.05) is 24.3 Å². The van der Waals surface area contributed by atoms with Gasteiger partial charge in [-0.2, -0.15) is 0 Å². The van der Waals surface area contributed by atoms with Crippen LogP contribution in [0.3, 0.4) is 0 Å². The van der Waals surface area contributed by atoms with Crippen LogP contribution in [0, 0.1) is 5.92 Å². The summed E-state index contributed by atoms with van der Waals surface area (Å²) in [5, 5.41) is 5.28. The zero-order chi connectivity index (χ0) is 13.1. The molecule has 100 valence electrons. The van der Waals surface area contributed by atoms with Gasteiger partial charge < -0.3 is 10.1 Å². The Morgan fingerprint density at radius 2 is 2.32 bits per heavy atom. The lowest BCUT2D eigenvalue weighted by atomic mass is 10.0. The first-order valence-corrected chi connectivity index (χ1v) is 7.07. The van der Waals surface area contributed by atoms with Crippen molar-refractivity contribution in [3.8, 4) is 0 Å². The topological polar surface area (TPSA) is 34.1 Å². The molecule has 4 heteroatoms. The van der Waals surface area contributed by atoms with E-state index >= 15 is 0 Å². The molecular formula is C15H17ClN2O. The molecule has 1 atom stereocenters. The molecule has 0 bridgehead atoms. The highest BCUT2D eigenvalue weighted by Gasteiger charge is 2.14. The third-order valence-electron chi connectivity index (χ3n) is 3.56. The number of anilines is 1. The SMILES string of the molecule is Clc1ccc(NCC2CCCOC2)c2cccnc12. The Balaban J connectivity index is 1.79. The van der Waals surface area contributed by atoms with Crippen LogP contribution in [0.2, 0.25) is 5.02 Å². The highest BCUT2D eigenvalue weighted by molar-refractivity contribution is 6.35. The van der Waals surface area contributed by atoms with Gasteiger partial charge in [0.05, 0.1) is 17.1 Å². The van der Waals surface area contributed by atoms with E-state index < -0.39 is 0 Å². The first-order chi connectivity index (χ1) is 9.34. The van der Waals surface area contributed by atoms with Gasteiger partial charge in [-0.05, 0) is 43.0 Å². The quantitative estimate of drug-likeness (QED) is 0.928. The van der Waals surface area contributed by atoms with Crippen LogP contribution in [0.25, 0.3) is 10.9 Å². The third kappa shape index (κ3) is 2.82. The molecule has 0 radical (unpaired) electrons. The second-order valence-electron chi connectivity index (χ2n) is 4.96. The van der Waals surface area contributed by atoms with Crippen molar-refractivity contribution in [2.24, 2.45) is 5.92 Å². The number of halogens is 1. The molecule has 1 aromatic heterocycles. The van der Waals surface area contributed by atoms with E-state index in [4.69, 9.17) is 16.3 Å². The van der Waals surface area contributed by atoms with Gasteiger partial charge in [-0.25, -0.2) is 0 Å². The number of hydrogen-bond acceptors (Lipinski definition) is 3. The number of nitrogens with zero attached hydrogens (tertiary/aromatic N) is 1. The number of aromatic nitrogens is 1. The second-order valence-corrected chi connectivity index (χ2v) is 5.37. The minimum absolute atomic E-state index is 0.594. The molecule has 0 aliphatic carbocycles.